The zero-order chi connectivity index (χ0) is 13.1. The van der Waals surface area contributed by atoms with Crippen LogP contribution in [0.4, 0.5) is 0 Å². The third-order valence-electron chi connectivity index (χ3n) is 2.51. The normalized spacial score (nSPS) is 13.7. The lowest BCUT2D eigenvalue weighted by Crippen LogP contribution is -2.28. The maximum atomic E-state index is 11.6. The van der Waals surface area contributed by atoms with Crippen LogP contribution in [0.5, 0.6) is 0 Å². The SMILES string of the molecule is C/C=C/C=C\CCC(C)CC(=O)NCC(C)C. The Morgan fingerprint density at radius 1 is 1.24 bits per heavy atom. The van der Waals surface area contributed by atoms with Crippen molar-refractivity contribution in [1.29, 1.82) is 0 Å². The lowest BCUT2D eigenvalue weighted by Gasteiger charge is -2.11. The van der Waals surface area contributed by atoms with Gasteiger partial charge in [-0.05, 0) is 31.6 Å². The van der Waals surface area contributed by atoms with Crippen LogP contribution < -0.4 is 5.32 Å². The molecule has 0 saturated heterocycles. The molecule has 0 fully saturated rings. The highest BCUT2D eigenvalue weighted by Crippen LogP contribution is 2.10. The van der Waals surface area contributed by atoms with Crippen LogP contribution in [0.15, 0.2) is 24.3 Å². The van der Waals surface area contributed by atoms with Gasteiger partial charge in [-0.15, -0.1) is 0 Å². The fourth-order valence-electron chi connectivity index (χ4n) is 1.48. The van der Waals surface area contributed by atoms with Crippen molar-refractivity contribution in [3.63, 3.8) is 0 Å². The predicted octanol–water partition coefficient (Wildman–Crippen LogP) is 3.70. The first-order chi connectivity index (χ1) is 8.06. The summed E-state index contributed by atoms with van der Waals surface area (Å²) in [4.78, 5) is 11.6. The number of amides is 1. The van der Waals surface area contributed by atoms with Gasteiger partial charge in [-0.3, -0.25) is 4.79 Å². The van der Waals surface area contributed by atoms with Gasteiger partial charge in [0.25, 0.3) is 0 Å². The van der Waals surface area contributed by atoms with Gasteiger partial charge < -0.3 is 5.32 Å². The third kappa shape index (κ3) is 11.2. The average Bonchev–Trinajstić information content (AvgIpc) is 2.26. The van der Waals surface area contributed by atoms with Gasteiger partial charge in [0.2, 0.25) is 5.91 Å². The lowest BCUT2D eigenvalue weighted by molar-refractivity contribution is -0.122. The van der Waals surface area contributed by atoms with Gasteiger partial charge in [0, 0.05) is 13.0 Å². The van der Waals surface area contributed by atoms with Crippen LogP contribution >= 0.6 is 0 Å². The van der Waals surface area contributed by atoms with Gasteiger partial charge in [-0.25, -0.2) is 0 Å². The van der Waals surface area contributed by atoms with E-state index >= 15 is 0 Å². The molecule has 2 heteroatoms. The molecule has 2 nitrogen and oxygen atoms in total. The van der Waals surface area contributed by atoms with Crippen LogP contribution in [0, 0.1) is 11.8 Å². The van der Waals surface area contributed by atoms with Crippen molar-refractivity contribution >= 4 is 5.91 Å². The number of rotatable bonds is 8. The van der Waals surface area contributed by atoms with Gasteiger partial charge >= 0.3 is 0 Å². The Kier molecular flexibility index (Phi) is 9.50. The third-order valence-corrected chi connectivity index (χ3v) is 2.51. The van der Waals surface area contributed by atoms with Crippen LogP contribution in [0.3, 0.4) is 0 Å². The minimum atomic E-state index is 0.184. The summed E-state index contributed by atoms with van der Waals surface area (Å²) in [5, 5.41) is 2.96. The summed E-state index contributed by atoms with van der Waals surface area (Å²) in [6, 6.07) is 0. The molecule has 0 aliphatic rings. The molecule has 0 rings (SSSR count). The molecule has 1 unspecified atom stereocenters. The van der Waals surface area contributed by atoms with E-state index < -0.39 is 0 Å². The van der Waals surface area contributed by atoms with Crippen LogP contribution in [-0.4, -0.2) is 12.5 Å². The first-order valence-corrected chi connectivity index (χ1v) is 6.60. The molecule has 0 radical (unpaired) electrons. The van der Waals surface area contributed by atoms with Gasteiger partial charge in [-0.2, -0.15) is 0 Å². The van der Waals surface area contributed by atoms with Crippen molar-refractivity contribution in [2.75, 3.05) is 6.54 Å². The van der Waals surface area contributed by atoms with Crippen LogP contribution in [-0.2, 0) is 4.79 Å². The van der Waals surface area contributed by atoms with Crippen molar-refractivity contribution in [3.05, 3.63) is 24.3 Å². The van der Waals surface area contributed by atoms with Gasteiger partial charge in [0.1, 0.15) is 0 Å². The second kappa shape index (κ2) is 10.1. The molecule has 98 valence electrons. The number of carbonyl (C=O) groups excluding carboxylic acids is 1. The minimum absolute atomic E-state index is 0.184. The first kappa shape index (κ1) is 16.0. The summed E-state index contributed by atoms with van der Waals surface area (Å²) < 4.78 is 0. The van der Waals surface area contributed by atoms with E-state index in [0.717, 1.165) is 19.4 Å². The van der Waals surface area contributed by atoms with Crippen LogP contribution in [0.25, 0.3) is 0 Å². The topological polar surface area (TPSA) is 29.1 Å². The molecule has 0 bridgehead atoms. The predicted molar refractivity (Wildman–Crippen MR) is 74.8 cm³/mol. The summed E-state index contributed by atoms with van der Waals surface area (Å²) >= 11 is 0. The highest BCUT2D eigenvalue weighted by molar-refractivity contribution is 5.76. The number of hydrogen-bond acceptors (Lipinski definition) is 1. The van der Waals surface area contributed by atoms with Crippen molar-refractivity contribution in [3.8, 4) is 0 Å². The second-order valence-corrected chi connectivity index (χ2v) is 5.04. The Balaban J connectivity index is 3.63. The Bertz CT molecular complexity index is 254. The van der Waals surface area contributed by atoms with Gasteiger partial charge in [0.15, 0.2) is 0 Å². The Labute approximate surface area is 106 Å². The number of nitrogens with one attached hydrogen (secondary N) is 1. The molecular formula is C15H27NO. The highest BCUT2D eigenvalue weighted by Gasteiger charge is 2.08. The average molecular weight is 237 g/mol. The number of carbonyl (C=O) groups is 1. The lowest BCUT2D eigenvalue weighted by atomic mass is 10.0. The molecule has 0 aliphatic heterocycles. The maximum absolute atomic E-state index is 11.6. The number of allylic oxidation sites excluding steroid dienone is 4. The van der Waals surface area contributed by atoms with E-state index in [1.807, 2.05) is 19.1 Å². The second-order valence-electron chi connectivity index (χ2n) is 5.04. The molecule has 0 saturated carbocycles. The summed E-state index contributed by atoms with van der Waals surface area (Å²) in [5.41, 5.74) is 0. The molecule has 0 aromatic heterocycles. The smallest absolute Gasteiger partial charge is 0.220 e. The van der Waals surface area contributed by atoms with Crippen molar-refractivity contribution < 1.29 is 4.79 Å². The molecule has 1 N–H and O–H groups in total. The largest absolute Gasteiger partial charge is 0.356 e. The van der Waals surface area contributed by atoms with E-state index in [4.69, 9.17) is 0 Å². The first-order valence-electron chi connectivity index (χ1n) is 6.60. The van der Waals surface area contributed by atoms with E-state index in [1.54, 1.807) is 0 Å². The summed E-state index contributed by atoms with van der Waals surface area (Å²) in [6.07, 6.45) is 11.0. The highest BCUT2D eigenvalue weighted by atomic mass is 16.1. The molecule has 0 aromatic carbocycles. The summed E-state index contributed by atoms with van der Waals surface area (Å²) in [7, 11) is 0. The van der Waals surface area contributed by atoms with Crippen molar-refractivity contribution in [2.24, 2.45) is 11.8 Å². The fourth-order valence-corrected chi connectivity index (χ4v) is 1.48. The Morgan fingerprint density at radius 2 is 1.94 bits per heavy atom. The van der Waals surface area contributed by atoms with Gasteiger partial charge in [0.05, 0.1) is 0 Å². The molecule has 17 heavy (non-hydrogen) atoms. The van der Waals surface area contributed by atoms with Crippen LogP contribution in [0.1, 0.15) is 47.0 Å². The zero-order valence-electron chi connectivity index (χ0n) is 11.7. The van der Waals surface area contributed by atoms with Gasteiger partial charge in [-0.1, -0.05) is 45.1 Å². The minimum Gasteiger partial charge on any atom is -0.356 e. The Morgan fingerprint density at radius 3 is 2.53 bits per heavy atom. The molecule has 0 heterocycles. The quantitative estimate of drug-likeness (QED) is 0.641. The van der Waals surface area contributed by atoms with Crippen molar-refractivity contribution in [1.82, 2.24) is 5.32 Å². The molecule has 0 aromatic rings. The fraction of sp³-hybridized carbons (Fsp3) is 0.667. The van der Waals surface area contributed by atoms with E-state index in [0.29, 0.717) is 18.3 Å². The van der Waals surface area contributed by atoms with E-state index in [-0.39, 0.29) is 5.91 Å². The number of hydrogen-bond donors (Lipinski definition) is 1. The Hall–Kier alpha value is -1.05. The molecule has 0 aliphatic carbocycles. The maximum Gasteiger partial charge on any atom is 0.220 e. The molecule has 1 amide bonds. The summed E-state index contributed by atoms with van der Waals surface area (Å²) in [5.74, 6) is 1.17. The molecule has 1 atom stereocenters. The monoisotopic (exact) mass is 237 g/mol. The van der Waals surface area contributed by atoms with E-state index in [9.17, 15) is 4.79 Å². The molecular weight excluding hydrogens is 210 g/mol. The van der Waals surface area contributed by atoms with Crippen LogP contribution in [0.2, 0.25) is 0 Å². The van der Waals surface area contributed by atoms with Crippen molar-refractivity contribution in [2.45, 2.75) is 47.0 Å². The standard InChI is InChI=1S/C15H27NO/c1-5-6-7-8-9-10-14(4)11-15(17)16-12-13(2)3/h5-8,13-14H,9-12H2,1-4H3,(H,16,17)/b6-5+,8-7-. The summed E-state index contributed by atoms with van der Waals surface area (Å²) in [6.45, 7) is 9.14. The van der Waals surface area contributed by atoms with E-state index in [2.05, 4.69) is 38.2 Å². The molecule has 0 spiro atoms. The zero-order valence-corrected chi connectivity index (χ0v) is 11.7. The van der Waals surface area contributed by atoms with E-state index in [1.165, 1.54) is 0 Å².